The Hall–Kier alpha value is -0.0500. The minimum absolute atomic E-state index is 0.705. The molecule has 1 nitrogen and oxygen atoms in total. The summed E-state index contributed by atoms with van der Waals surface area (Å²) in [5.74, 6) is 0. The molecule has 0 bridgehead atoms. The van der Waals surface area contributed by atoms with E-state index >= 15 is 0 Å². The summed E-state index contributed by atoms with van der Waals surface area (Å²) in [7, 11) is 0. The molecule has 1 aliphatic carbocycles. The van der Waals surface area contributed by atoms with Gasteiger partial charge in [0.1, 0.15) is 0 Å². The fraction of sp³-hybridized carbons (Fsp3) is 0.538. The first-order valence-corrected chi connectivity index (χ1v) is 7.10. The van der Waals surface area contributed by atoms with Gasteiger partial charge in [0.2, 0.25) is 0 Å². The first kappa shape index (κ1) is 12.4. The Balaban J connectivity index is 1.88. The van der Waals surface area contributed by atoms with Crippen molar-refractivity contribution in [3.8, 4) is 0 Å². The summed E-state index contributed by atoms with van der Waals surface area (Å²) in [6.07, 6.45) is 6.80. The molecule has 0 spiro atoms. The molecular weight excluding hydrogens is 286 g/mol. The Kier molecular flexibility index (Phi) is 4.68. The van der Waals surface area contributed by atoms with Crippen LogP contribution in [0.5, 0.6) is 0 Å². The van der Waals surface area contributed by atoms with Gasteiger partial charge in [-0.25, -0.2) is 0 Å². The standard InChI is InChI=1S/C13H17BrClN/c14-13-8-11(15)7-6-10(13)9-16-12-4-2-1-3-5-12/h6-8,12,16H,1-5,9H2. The Labute approximate surface area is 111 Å². The van der Waals surface area contributed by atoms with Crippen LogP contribution in [0.1, 0.15) is 37.7 Å². The van der Waals surface area contributed by atoms with E-state index in [4.69, 9.17) is 11.6 Å². The molecule has 0 aliphatic heterocycles. The second kappa shape index (κ2) is 6.04. The van der Waals surface area contributed by atoms with Gasteiger partial charge in [0.05, 0.1) is 0 Å². The Bertz CT molecular complexity index is 348. The summed E-state index contributed by atoms with van der Waals surface area (Å²) in [6.45, 7) is 0.933. The van der Waals surface area contributed by atoms with E-state index in [1.165, 1.54) is 37.7 Å². The van der Waals surface area contributed by atoms with Crippen molar-refractivity contribution in [3.63, 3.8) is 0 Å². The average molecular weight is 303 g/mol. The van der Waals surface area contributed by atoms with Crippen LogP contribution in [0.25, 0.3) is 0 Å². The molecule has 0 heterocycles. The highest BCUT2D eigenvalue weighted by Gasteiger charge is 2.12. The van der Waals surface area contributed by atoms with Crippen LogP contribution in [-0.2, 0) is 6.54 Å². The van der Waals surface area contributed by atoms with Crippen molar-refractivity contribution in [2.24, 2.45) is 0 Å². The highest BCUT2D eigenvalue weighted by Crippen LogP contribution is 2.23. The van der Waals surface area contributed by atoms with E-state index in [0.717, 1.165) is 16.0 Å². The van der Waals surface area contributed by atoms with Crippen LogP contribution in [0.3, 0.4) is 0 Å². The largest absolute Gasteiger partial charge is 0.310 e. The van der Waals surface area contributed by atoms with Gasteiger partial charge >= 0.3 is 0 Å². The van der Waals surface area contributed by atoms with Crippen molar-refractivity contribution in [1.82, 2.24) is 5.32 Å². The average Bonchev–Trinajstić information content (AvgIpc) is 2.29. The lowest BCUT2D eigenvalue weighted by Gasteiger charge is -2.23. The number of nitrogens with one attached hydrogen (secondary N) is 1. The van der Waals surface area contributed by atoms with E-state index in [1.54, 1.807) is 0 Å². The van der Waals surface area contributed by atoms with E-state index in [1.807, 2.05) is 12.1 Å². The maximum atomic E-state index is 5.92. The summed E-state index contributed by atoms with van der Waals surface area (Å²) in [4.78, 5) is 0. The molecule has 2 rings (SSSR count). The van der Waals surface area contributed by atoms with Gasteiger partial charge in [-0.05, 0) is 30.5 Å². The van der Waals surface area contributed by atoms with E-state index in [9.17, 15) is 0 Å². The van der Waals surface area contributed by atoms with Gasteiger partial charge in [-0.15, -0.1) is 0 Å². The third-order valence-corrected chi connectivity index (χ3v) is 4.17. The number of benzene rings is 1. The van der Waals surface area contributed by atoms with Crippen molar-refractivity contribution in [3.05, 3.63) is 33.3 Å². The quantitative estimate of drug-likeness (QED) is 0.865. The third kappa shape index (κ3) is 3.47. The maximum Gasteiger partial charge on any atom is 0.0417 e. The van der Waals surface area contributed by atoms with Crippen LogP contribution < -0.4 is 5.32 Å². The van der Waals surface area contributed by atoms with E-state index in [-0.39, 0.29) is 0 Å². The van der Waals surface area contributed by atoms with Crippen LogP contribution in [-0.4, -0.2) is 6.04 Å². The zero-order valence-electron chi connectivity index (χ0n) is 9.31. The topological polar surface area (TPSA) is 12.0 Å². The van der Waals surface area contributed by atoms with Crippen LogP contribution in [0.15, 0.2) is 22.7 Å². The Morgan fingerprint density at radius 1 is 1.25 bits per heavy atom. The molecule has 0 amide bonds. The van der Waals surface area contributed by atoms with Gasteiger partial charge in [0, 0.05) is 22.1 Å². The SMILES string of the molecule is Clc1ccc(CNC2CCCCC2)c(Br)c1. The van der Waals surface area contributed by atoms with Crippen LogP contribution >= 0.6 is 27.5 Å². The zero-order valence-corrected chi connectivity index (χ0v) is 11.6. The molecule has 0 radical (unpaired) electrons. The van der Waals surface area contributed by atoms with Crippen LogP contribution in [0.2, 0.25) is 5.02 Å². The molecule has 88 valence electrons. The molecule has 3 heteroatoms. The van der Waals surface area contributed by atoms with Crippen molar-refractivity contribution in [2.45, 2.75) is 44.7 Å². The van der Waals surface area contributed by atoms with Crippen molar-refractivity contribution in [2.75, 3.05) is 0 Å². The molecule has 0 saturated heterocycles. The molecule has 1 aromatic carbocycles. The van der Waals surface area contributed by atoms with Gasteiger partial charge in [0.15, 0.2) is 0 Å². The molecule has 1 saturated carbocycles. The summed E-state index contributed by atoms with van der Waals surface area (Å²) in [5, 5.41) is 4.41. The number of hydrogen-bond donors (Lipinski definition) is 1. The predicted molar refractivity (Wildman–Crippen MR) is 72.9 cm³/mol. The molecular formula is C13H17BrClN. The molecule has 0 unspecified atom stereocenters. The predicted octanol–water partition coefficient (Wildman–Crippen LogP) is 4.52. The minimum Gasteiger partial charge on any atom is -0.310 e. The maximum absolute atomic E-state index is 5.92. The first-order valence-electron chi connectivity index (χ1n) is 5.93. The zero-order chi connectivity index (χ0) is 11.4. The summed E-state index contributed by atoms with van der Waals surface area (Å²) in [6, 6.07) is 6.70. The highest BCUT2D eigenvalue weighted by atomic mass is 79.9. The summed E-state index contributed by atoms with van der Waals surface area (Å²) in [5.41, 5.74) is 1.29. The molecule has 0 aromatic heterocycles. The van der Waals surface area contributed by atoms with Crippen molar-refractivity contribution >= 4 is 27.5 Å². The number of rotatable bonds is 3. The fourth-order valence-corrected chi connectivity index (χ4v) is 3.05. The van der Waals surface area contributed by atoms with E-state index < -0.39 is 0 Å². The van der Waals surface area contributed by atoms with E-state index in [2.05, 4.69) is 27.3 Å². The van der Waals surface area contributed by atoms with Crippen LogP contribution in [0, 0.1) is 0 Å². The van der Waals surface area contributed by atoms with Gasteiger partial charge in [0.25, 0.3) is 0 Å². The van der Waals surface area contributed by atoms with Gasteiger partial charge < -0.3 is 5.32 Å². The Morgan fingerprint density at radius 2 is 2.00 bits per heavy atom. The van der Waals surface area contributed by atoms with Crippen molar-refractivity contribution in [1.29, 1.82) is 0 Å². The summed E-state index contributed by atoms with van der Waals surface area (Å²) >= 11 is 9.46. The lowest BCUT2D eigenvalue weighted by molar-refractivity contribution is 0.372. The lowest BCUT2D eigenvalue weighted by Crippen LogP contribution is -2.30. The third-order valence-electron chi connectivity index (χ3n) is 3.20. The summed E-state index contributed by atoms with van der Waals surface area (Å²) < 4.78 is 1.10. The lowest BCUT2D eigenvalue weighted by atomic mass is 9.95. The molecule has 1 N–H and O–H groups in total. The number of hydrogen-bond acceptors (Lipinski definition) is 1. The van der Waals surface area contributed by atoms with E-state index in [0.29, 0.717) is 6.04 Å². The second-order valence-corrected chi connectivity index (χ2v) is 5.74. The van der Waals surface area contributed by atoms with Gasteiger partial charge in [-0.3, -0.25) is 0 Å². The monoisotopic (exact) mass is 301 g/mol. The smallest absolute Gasteiger partial charge is 0.0417 e. The highest BCUT2D eigenvalue weighted by molar-refractivity contribution is 9.10. The molecule has 0 atom stereocenters. The number of halogens is 2. The first-order chi connectivity index (χ1) is 7.75. The van der Waals surface area contributed by atoms with Gasteiger partial charge in [-0.2, -0.15) is 0 Å². The Morgan fingerprint density at radius 3 is 2.69 bits per heavy atom. The second-order valence-electron chi connectivity index (χ2n) is 4.45. The molecule has 1 aromatic rings. The van der Waals surface area contributed by atoms with Crippen molar-refractivity contribution < 1.29 is 0 Å². The minimum atomic E-state index is 0.705. The molecule has 16 heavy (non-hydrogen) atoms. The molecule has 1 aliphatic rings. The molecule has 1 fully saturated rings. The van der Waals surface area contributed by atoms with Crippen LogP contribution in [0.4, 0.5) is 0 Å². The van der Waals surface area contributed by atoms with Gasteiger partial charge in [-0.1, -0.05) is 52.9 Å². The fourth-order valence-electron chi connectivity index (χ4n) is 2.23. The normalized spacial score (nSPS) is 17.6.